The van der Waals surface area contributed by atoms with Crippen molar-refractivity contribution >= 4 is 43.7 Å². The number of thiazole rings is 1. The summed E-state index contributed by atoms with van der Waals surface area (Å²) in [6.07, 6.45) is 8.04. The predicted octanol–water partition coefficient (Wildman–Crippen LogP) is 2.65. The van der Waals surface area contributed by atoms with Crippen molar-refractivity contribution in [3.8, 4) is 0 Å². The summed E-state index contributed by atoms with van der Waals surface area (Å²) in [7, 11) is 6.22. The van der Waals surface area contributed by atoms with Gasteiger partial charge in [0, 0.05) is 60.8 Å². The topological polar surface area (TPSA) is 63.1 Å². The van der Waals surface area contributed by atoms with Crippen LogP contribution in [0.25, 0.3) is 11.0 Å². The number of carbonyl (C=O) groups is 1. The number of carbonyl (C=O) groups excluding carboxylic acids is 1. The second-order valence-electron chi connectivity index (χ2n) is 7.23. The molecule has 27 heavy (non-hydrogen) atoms. The third kappa shape index (κ3) is 3.69. The van der Waals surface area contributed by atoms with Gasteiger partial charge in [-0.15, -0.1) is 11.3 Å². The highest BCUT2D eigenvalue weighted by Crippen LogP contribution is 2.36. The molecule has 8 heteroatoms. The van der Waals surface area contributed by atoms with Crippen molar-refractivity contribution in [3.05, 3.63) is 41.2 Å². The number of amides is 1. The van der Waals surface area contributed by atoms with Gasteiger partial charge < -0.3 is 9.88 Å². The van der Waals surface area contributed by atoms with Gasteiger partial charge in [-0.25, -0.2) is 4.98 Å². The van der Waals surface area contributed by atoms with Crippen molar-refractivity contribution in [3.63, 3.8) is 0 Å². The van der Waals surface area contributed by atoms with Gasteiger partial charge in [0.05, 0.1) is 11.0 Å². The van der Waals surface area contributed by atoms with E-state index in [2.05, 4.69) is 60.4 Å². The van der Waals surface area contributed by atoms with Crippen molar-refractivity contribution in [2.45, 2.75) is 31.3 Å². The van der Waals surface area contributed by atoms with Gasteiger partial charge in [-0.1, -0.05) is 0 Å². The maximum Gasteiger partial charge on any atom is 0.223 e. The van der Waals surface area contributed by atoms with Crippen LogP contribution in [0.1, 0.15) is 30.2 Å². The van der Waals surface area contributed by atoms with E-state index in [-0.39, 0.29) is 10.9 Å². The van der Waals surface area contributed by atoms with E-state index in [1.165, 1.54) is 18.0 Å². The van der Waals surface area contributed by atoms with Gasteiger partial charge in [-0.3, -0.25) is 14.7 Å². The third-order valence-electron chi connectivity index (χ3n) is 5.06. The van der Waals surface area contributed by atoms with Crippen molar-refractivity contribution < 1.29 is 4.79 Å². The van der Waals surface area contributed by atoms with Crippen LogP contribution in [-0.2, 0) is 23.4 Å². The summed E-state index contributed by atoms with van der Waals surface area (Å²) in [5, 5.41) is 3.32. The Balaban J connectivity index is 1.55. The summed E-state index contributed by atoms with van der Waals surface area (Å²) in [6, 6.07) is 4.20. The number of hydrogen-bond donors (Lipinski definition) is 1. The minimum atomic E-state index is -0.100. The van der Waals surface area contributed by atoms with Crippen LogP contribution in [0.4, 0.5) is 5.13 Å². The van der Waals surface area contributed by atoms with E-state index in [0.717, 1.165) is 42.9 Å². The number of nitrogens with zero attached hydrogens (tertiary/aromatic N) is 4. The summed E-state index contributed by atoms with van der Waals surface area (Å²) in [5.74, 6) is -0.0858. The number of fused-ring (bicyclic) bond motifs is 1. The molecule has 1 atom stereocenters. The van der Waals surface area contributed by atoms with Crippen LogP contribution < -0.4 is 5.32 Å². The Hall–Kier alpha value is -2.03. The Morgan fingerprint density at radius 3 is 3.07 bits per heavy atom. The van der Waals surface area contributed by atoms with Gasteiger partial charge in [-0.05, 0) is 42.1 Å². The second-order valence-corrected chi connectivity index (χ2v) is 9.30. The molecule has 0 spiro atoms. The fourth-order valence-electron chi connectivity index (χ4n) is 3.91. The fraction of sp³-hybridized carbons (Fsp3) is 0.421. The lowest BCUT2D eigenvalue weighted by molar-refractivity contribution is -0.114. The first kappa shape index (κ1) is 18.3. The standard InChI is InChI=1S/C19H22N5OSSi/c1-13(25)22-18-21-10-14(26-18)11-24-8-3-6-19(27,12-24)15-4-7-20-16-5-9-23(2)17(15)16/h4-5,7,9-10H,3,6,8,11-12H2,1-2H3,(H,21,22,25)/t19-/m1/s1. The molecule has 139 valence electrons. The number of pyridine rings is 1. The number of aryl methyl sites for hydroxylation is 1. The van der Waals surface area contributed by atoms with Crippen LogP contribution in [0.2, 0.25) is 0 Å². The summed E-state index contributed by atoms with van der Waals surface area (Å²) >= 11 is 1.54. The number of rotatable bonds is 4. The van der Waals surface area contributed by atoms with Crippen LogP contribution in [0.3, 0.4) is 0 Å². The number of aromatic nitrogens is 3. The lowest BCUT2D eigenvalue weighted by Crippen LogP contribution is -2.46. The first-order valence-electron chi connectivity index (χ1n) is 9.05. The summed E-state index contributed by atoms with van der Waals surface area (Å²) < 4.78 is 2.15. The molecule has 0 saturated carbocycles. The normalized spacial score (nSPS) is 20.9. The van der Waals surface area contributed by atoms with Gasteiger partial charge in [0.1, 0.15) is 0 Å². The largest absolute Gasteiger partial charge is 0.349 e. The minimum absolute atomic E-state index is 0.0858. The quantitative estimate of drug-likeness (QED) is 0.689. The molecule has 1 aliphatic heterocycles. The van der Waals surface area contributed by atoms with Crippen molar-refractivity contribution in [2.24, 2.45) is 7.05 Å². The number of anilines is 1. The Kier molecular flexibility index (Phi) is 4.87. The highest BCUT2D eigenvalue weighted by atomic mass is 32.1. The van der Waals surface area contributed by atoms with Crippen molar-refractivity contribution in [2.75, 3.05) is 18.4 Å². The summed E-state index contributed by atoms with van der Waals surface area (Å²) in [5.41, 5.74) is 3.52. The minimum Gasteiger partial charge on any atom is -0.349 e. The Bertz CT molecular complexity index is 984. The van der Waals surface area contributed by atoms with Crippen molar-refractivity contribution in [1.29, 1.82) is 0 Å². The summed E-state index contributed by atoms with van der Waals surface area (Å²) in [4.78, 5) is 23.6. The zero-order valence-corrected chi connectivity index (χ0v) is 17.3. The molecule has 4 rings (SSSR count). The van der Waals surface area contributed by atoms with E-state index in [9.17, 15) is 4.79 Å². The van der Waals surface area contributed by atoms with Gasteiger partial charge in [-0.2, -0.15) is 0 Å². The highest BCUT2D eigenvalue weighted by molar-refractivity contribution is 7.15. The van der Waals surface area contributed by atoms with Crippen LogP contribution in [0, 0.1) is 0 Å². The first-order valence-corrected chi connectivity index (χ1v) is 10.4. The Morgan fingerprint density at radius 1 is 1.41 bits per heavy atom. The van der Waals surface area contributed by atoms with E-state index < -0.39 is 0 Å². The number of hydrogen-bond acceptors (Lipinski definition) is 5. The second kappa shape index (κ2) is 7.18. The number of likely N-dealkylation sites (tertiary alicyclic amines) is 1. The molecule has 0 bridgehead atoms. The molecule has 3 radical (unpaired) electrons. The van der Waals surface area contributed by atoms with Gasteiger partial charge in [0.15, 0.2) is 5.13 Å². The molecule has 3 aromatic rings. The Morgan fingerprint density at radius 2 is 2.26 bits per heavy atom. The van der Waals surface area contributed by atoms with Crippen LogP contribution in [0.15, 0.2) is 30.7 Å². The van der Waals surface area contributed by atoms with Crippen LogP contribution in [-0.4, -0.2) is 48.7 Å². The van der Waals surface area contributed by atoms with Crippen molar-refractivity contribution in [1.82, 2.24) is 19.4 Å². The van der Waals surface area contributed by atoms with E-state index in [0.29, 0.717) is 5.13 Å². The number of piperidine rings is 1. The fourth-order valence-corrected chi connectivity index (χ4v) is 5.42. The third-order valence-corrected chi connectivity index (χ3v) is 6.64. The molecule has 3 aromatic heterocycles. The van der Waals surface area contributed by atoms with Crippen LogP contribution >= 0.6 is 11.3 Å². The molecule has 6 nitrogen and oxygen atoms in total. The molecule has 1 fully saturated rings. The lowest BCUT2D eigenvalue weighted by atomic mass is 9.88. The molecule has 0 unspecified atom stereocenters. The average Bonchev–Trinajstić information content (AvgIpc) is 3.21. The molecule has 4 heterocycles. The molecular weight excluding hydrogens is 374 g/mol. The summed E-state index contributed by atoms with van der Waals surface area (Å²) in [6.45, 7) is 4.32. The molecule has 1 saturated heterocycles. The van der Waals surface area contributed by atoms with E-state index in [1.54, 1.807) is 11.3 Å². The maximum absolute atomic E-state index is 11.2. The van der Waals surface area contributed by atoms with Gasteiger partial charge in [0.2, 0.25) is 5.91 Å². The van der Waals surface area contributed by atoms with E-state index in [4.69, 9.17) is 0 Å². The smallest absolute Gasteiger partial charge is 0.223 e. The number of nitrogens with one attached hydrogen (secondary N) is 1. The molecular formula is C19H22N5OSSi. The zero-order chi connectivity index (χ0) is 19.0. The Labute approximate surface area is 166 Å². The molecule has 1 amide bonds. The molecule has 0 aromatic carbocycles. The van der Waals surface area contributed by atoms with Gasteiger partial charge in [0.25, 0.3) is 0 Å². The average molecular weight is 397 g/mol. The SMILES string of the molecule is CC(=O)Nc1ncc(CN2CCC[C@]([Si])(c3ccnc4ccn(C)c34)C2)s1. The van der Waals surface area contributed by atoms with E-state index >= 15 is 0 Å². The predicted molar refractivity (Wildman–Crippen MR) is 109 cm³/mol. The monoisotopic (exact) mass is 396 g/mol. The molecule has 0 aliphatic carbocycles. The van der Waals surface area contributed by atoms with Crippen LogP contribution in [0.5, 0.6) is 0 Å². The highest BCUT2D eigenvalue weighted by Gasteiger charge is 2.35. The first-order chi connectivity index (χ1) is 12.9. The molecule has 1 N–H and O–H groups in total. The van der Waals surface area contributed by atoms with E-state index in [1.807, 2.05) is 12.4 Å². The lowest BCUT2D eigenvalue weighted by Gasteiger charge is -2.41. The zero-order valence-electron chi connectivity index (χ0n) is 15.5. The maximum atomic E-state index is 11.2. The van der Waals surface area contributed by atoms with Gasteiger partial charge >= 0.3 is 0 Å². The molecule has 1 aliphatic rings.